The van der Waals surface area contributed by atoms with Gasteiger partial charge in [0.05, 0.1) is 24.0 Å². The Balaban J connectivity index is 2.10. The zero-order chi connectivity index (χ0) is 10.8. The van der Waals surface area contributed by atoms with Crippen LogP contribution in [0.4, 0.5) is 0 Å². The molecule has 5 heteroatoms. The van der Waals surface area contributed by atoms with E-state index in [1.54, 1.807) is 6.92 Å². The molecule has 2 rings (SSSR count). The van der Waals surface area contributed by atoms with Crippen LogP contribution in [0.25, 0.3) is 0 Å². The molecule has 1 aromatic heterocycles. The summed E-state index contributed by atoms with van der Waals surface area (Å²) in [6.45, 7) is 1.69. The number of hydrogen-bond donors (Lipinski definition) is 3. The number of fused-ring (bicyclic) bond motifs is 1. The quantitative estimate of drug-likeness (QED) is 0.651. The molecule has 0 aliphatic heterocycles. The van der Waals surface area contributed by atoms with Crippen LogP contribution in [0, 0.1) is 0 Å². The van der Waals surface area contributed by atoms with E-state index < -0.39 is 6.04 Å². The standard InChI is InChI=1S/C10H16N4O/c1-6(11)10(15)13-8-4-2-3-7-5-12-14-9(7)8/h5-6,8H,2-4,11H2,1H3,(H,12,14)(H,13,15)/t6-,8?/m0/s1. The lowest BCUT2D eigenvalue weighted by Crippen LogP contribution is -2.41. The van der Waals surface area contributed by atoms with Gasteiger partial charge in [-0.05, 0) is 31.7 Å². The number of H-pyrrole nitrogens is 1. The second-order valence-corrected chi connectivity index (χ2v) is 4.05. The van der Waals surface area contributed by atoms with E-state index in [1.165, 1.54) is 5.56 Å². The molecule has 5 nitrogen and oxygen atoms in total. The van der Waals surface area contributed by atoms with Gasteiger partial charge in [-0.15, -0.1) is 0 Å². The Morgan fingerprint density at radius 3 is 3.33 bits per heavy atom. The topological polar surface area (TPSA) is 83.8 Å². The van der Waals surface area contributed by atoms with Crippen molar-refractivity contribution in [1.29, 1.82) is 0 Å². The zero-order valence-electron chi connectivity index (χ0n) is 8.79. The molecule has 82 valence electrons. The minimum Gasteiger partial charge on any atom is -0.346 e. The normalized spacial score (nSPS) is 21.9. The zero-order valence-corrected chi connectivity index (χ0v) is 8.79. The van der Waals surface area contributed by atoms with Gasteiger partial charge in [0.2, 0.25) is 5.91 Å². The second-order valence-electron chi connectivity index (χ2n) is 4.05. The number of aryl methyl sites for hydroxylation is 1. The van der Waals surface area contributed by atoms with Gasteiger partial charge >= 0.3 is 0 Å². The first kappa shape index (κ1) is 10.2. The van der Waals surface area contributed by atoms with Crippen molar-refractivity contribution in [3.63, 3.8) is 0 Å². The maximum Gasteiger partial charge on any atom is 0.237 e. The highest BCUT2D eigenvalue weighted by molar-refractivity contribution is 5.81. The molecule has 15 heavy (non-hydrogen) atoms. The molecule has 1 amide bonds. The summed E-state index contributed by atoms with van der Waals surface area (Å²) in [7, 11) is 0. The first-order chi connectivity index (χ1) is 7.18. The number of amides is 1. The lowest BCUT2D eigenvalue weighted by atomic mass is 9.93. The smallest absolute Gasteiger partial charge is 0.237 e. The van der Waals surface area contributed by atoms with E-state index in [4.69, 9.17) is 5.73 Å². The summed E-state index contributed by atoms with van der Waals surface area (Å²) in [4.78, 5) is 11.5. The number of nitrogens with two attached hydrogens (primary N) is 1. The molecule has 0 bridgehead atoms. The molecule has 1 aliphatic carbocycles. The Morgan fingerprint density at radius 1 is 1.80 bits per heavy atom. The SMILES string of the molecule is C[C@H](N)C(=O)NC1CCCc2cn[nH]c21. The lowest BCUT2D eigenvalue weighted by Gasteiger charge is -2.23. The van der Waals surface area contributed by atoms with Gasteiger partial charge in [0, 0.05) is 0 Å². The number of nitrogens with one attached hydrogen (secondary N) is 2. The Labute approximate surface area is 88.4 Å². The van der Waals surface area contributed by atoms with Crippen molar-refractivity contribution in [1.82, 2.24) is 15.5 Å². The van der Waals surface area contributed by atoms with Crippen LogP contribution in [0.5, 0.6) is 0 Å². The van der Waals surface area contributed by atoms with Gasteiger partial charge in [0.15, 0.2) is 0 Å². The molecule has 0 aromatic carbocycles. The Morgan fingerprint density at radius 2 is 2.60 bits per heavy atom. The number of nitrogens with zero attached hydrogens (tertiary/aromatic N) is 1. The third-order valence-electron chi connectivity index (χ3n) is 2.77. The molecule has 1 aromatic rings. The molecule has 4 N–H and O–H groups in total. The number of hydrogen-bond acceptors (Lipinski definition) is 3. The largest absolute Gasteiger partial charge is 0.346 e. The maximum absolute atomic E-state index is 11.5. The minimum atomic E-state index is -0.460. The van der Waals surface area contributed by atoms with Crippen LogP contribution in [0.1, 0.15) is 37.1 Å². The van der Waals surface area contributed by atoms with Gasteiger partial charge in [-0.3, -0.25) is 9.89 Å². The van der Waals surface area contributed by atoms with Gasteiger partial charge in [-0.1, -0.05) is 0 Å². The van der Waals surface area contributed by atoms with Crippen molar-refractivity contribution < 1.29 is 4.79 Å². The molecule has 1 heterocycles. The van der Waals surface area contributed by atoms with Crippen molar-refractivity contribution in [3.8, 4) is 0 Å². The van der Waals surface area contributed by atoms with Crippen molar-refractivity contribution in [2.45, 2.75) is 38.3 Å². The molecule has 1 aliphatic rings. The Kier molecular flexibility index (Phi) is 2.73. The van der Waals surface area contributed by atoms with Crippen molar-refractivity contribution in [3.05, 3.63) is 17.5 Å². The molecular formula is C10H16N4O. The molecular weight excluding hydrogens is 192 g/mol. The summed E-state index contributed by atoms with van der Waals surface area (Å²) >= 11 is 0. The lowest BCUT2D eigenvalue weighted by molar-refractivity contribution is -0.122. The number of carbonyl (C=O) groups is 1. The van der Waals surface area contributed by atoms with Crippen LogP contribution in [0.3, 0.4) is 0 Å². The summed E-state index contributed by atoms with van der Waals surface area (Å²) in [6, 6.07) is -0.409. The highest BCUT2D eigenvalue weighted by Gasteiger charge is 2.24. The third-order valence-corrected chi connectivity index (χ3v) is 2.77. The van der Waals surface area contributed by atoms with Gasteiger partial charge < -0.3 is 11.1 Å². The Bertz CT molecular complexity index is 358. The van der Waals surface area contributed by atoms with Crippen LogP contribution >= 0.6 is 0 Å². The van der Waals surface area contributed by atoms with E-state index in [9.17, 15) is 4.79 Å². The fourth-order valence-electron chi connectivity index (χ4n) is 1.91. The van der Waals surface area contributed by atoms with Crippen LogP contribution < -0.4 is 11.1 Å². The molecule has 2 atom stereocenters. The number of aromatic nitrogens is 2. The van der Waals surface area contributed by atoms with E-state index in [0.29, 0.717) is 0 Å². The monoisotopic (exact) mass is 208 g/mol. The average Bonchev–Trinajstić information content (AvgIpc) is 2.66. The first-order valence-corrected chi connectivity index (χ1v) is 5.26. The molecule has 0 spiro atoms. The summed E-state index contributed by atoms with van der Waals surface area (Å²) in [5.74, 6) is -0.109. The van der Waals surface area contributed by atoms with Crippen LogP contribution in [-0.2, 0) is 11.2 Å². The van der Waals surface area contributed by atoms with E-state index in [1.807, 2.05) is 6.20 Å². The number of aromatic amines is 1. The van der Waals surface area contributed by atoms with Gasteiger partial charge in [0.25, 0.3) is 0 Å². The highest BCUT2D eigenvalue weighted by atomic mass is 16.2. The van der Waals surface area contributed by atoms with Gasteiger partial charge in [-0.25, -0.2) is 0 Å². The average molecular weight is 208 g/mol. The summed E-state index contributed by atoms with van der Waals surface area (Å²) in [5.41, 5.74) is 7.75. The fourth-order valence-corrected chi connectivity index (χ4v) is 1.91. The molecule has 0 saturated carbocycles. The van der Waals surface area contributed by atoms with Crippen LogP contribution in [0.2, 0.25) is 0 Å². The van der Waals surface area contributed by atoms with Crippen LogP contribution in [-0.4, -0.2) is 22.1 Å². The number of rotatable bonds is 2. The van der Waals surface area contributed by atoms with Crippen molar-refractivity contribution >= 4 is 5.91 Å². The van der Waals surface area contributed by atoms with E-state index in [-0.39, 0.29) is 11.9 Å². The fraction of sp³-hybridized carbons (Fsp3) is 0.600. The van der Waals surface area contributed by atoms with Gasteiger partial charge in [0.1, 0.15) is 0 Å². The van der Waals surface area contributed by atoms with Crippen molar-refractivity contribution in [2.24, 2.45) is 5.73 Å². The van der Waals surface area contributed by atoms with E-state index in [0.717, 1.165) is 25.0 Å². The maximum atomic E-state index is 11.5. The van der Waals surface area contributed by atoms with Crippen LogP contribution in [0.15, 0.2) is 6.20 Å². The van der Waals surface area contributed by atoms with Crippen molar-refractivity contribution in [2.75, 3.05) is 0 Å². The molecule has 0 saturated heterocycles. The van der Waals surface area contributed by atoms with Gasteiger partial charge in [-0.2, -0.15) is 5.10 Å². The second kappa shape index (κ2) is 4.02. The summed E-state index contributed by atoms with van der Waals surface area (Å²) < 4.78 is 0. The summed E-state index contributed by atoms with van der Waals surface area (Å²) in [5, 5.41) is 9.87. The molecule has 1 unspecified atom stereocenters. The van der Waals surface area contributed by atoms with E-state index >= 15 is 0 Å². The highest BCUT2D eigenvalue weighted by Crippen LogP contribution is 2.27. The first-order valence-electron chi connectivity index (χ1n) is 5.26. The van der Waals surface area contributed by atoms with E-state index in [2.05, 4.69) is 15.5 Å². The predicted molar refractivity (Wildman–Crippen MR) is 56.1 cm³/mol. The number of carbonyl (C=O) groups excluding carboxylic acids is 1. The molecule has 0 radical (unpaired) electrons. The molecule has 0 fully saturated rings. The summed E-state index contributed by atoms with van der Waals surface area (Å²) in [6.07, 6.45) is 4.90. The minimum absolute atomic E-state index is 0.0507. The predicted octanol–water partition coefficient (Wildman–Crippen LogP) is 0.250. The third kappa shape index (κ3) is 2.02. The Hall–Kier alpha value is -1.36.